The summed E-state index contributed by atoms with van der Waals surface area (Å²) in [6.07, 6.45) is 0. The molecular formula is C19H30N2O2. The fraction of sp³-hybridized carbons (Fsp3) is 0.632. The molecule has 1 aliphatic rings. The molecule has 1 aromatic rings. The molecule has 0 saturated carbocycles. The third-order valence-electron chi connectivity index (χ3n) is 4.35. The minimum atomic E-state index is 0.202. The van der Waals surface area contributed by atoms with E-state index in [1.165, 1.54) is 0 Å². The van der Waals surface area contributed by atoms with Crippen molar-refractivity contribution in [2.75, 3.05) is 45.9 Å². The SMILES string of the molecule is CCN1CCN(CC(=O)c2ccc(OCC(C)C)c(C)c2)CC1. The predicted molar refractivity (Wildman–Crippen MR) is 94.4 cm³/mol. The van der Waals surface area contributed by atoms with E-state index >= 15 is 0 Å². The summed E-state index contributed by atoms with van der Waals surface area (Å²) in [4.78, 5) is 17.2. The molecule has 1 heterocycles. The van der Waals surface area contributed by atoms with Crippen LogP contribution in [-0.2, 0) is 0 Å². The molecule has 0 N–H and O–H groups in total. The molecule has 0 atom stereocenters. The van der Waals surface area contributed by atoms with E-state index in [-0.39, 0.29) is 5.78 Å². The number of nitrogens with zero attached hydrogens (tertiary/aromatic N) is 2. The topological polar surface area (TPSA) is 32.8 Å². The molecule has 0 bridgehead atoms. The molecule has 23 heavy (non-hydrogen) atoms. The lowest BCUT2D eigenvalue weighted by atomic mass is 10.1. The highest BCUT2D eigenvalue weighted by Gasteiger charge is 2.19. The van der Waals surface area contributed by atoms with Crippen LogP contribution in [0.3, 0.4) is 0 Å². The first-order valence-electron chi connectivity index (χ1n) is 8.71. The molecule has 0 radical (unpaired) electrons. The summed E-state index contributed by atoms with van der Waals surface area (Å²) in [6.45, 7) is 14.9. The van der Waals surface area contributed by atoms with Gasteiger partial charge in [0.05, 0.1) is 13.2 Å². The maximum Gasteiger partial charge on any atom is 0.176 e. The van der Waals surface area contributed by atoms with Crippen LogP contribution in [0.1, 0.15) is 36.7 Å². The summed E-state index contributed by atoms with van der Waals surface area (Å²) in [7, 11) is 0. The monoisotopic (exact) mass is 318 g/mol. The summed E-state index contributed by atoms with van der Waals surface area (Å²) in [6, 6.07) is 5.79. The van der Waals surface area contributed by atoms with E-state index in [9.17, 15) is 4.79 Å². The van der Waals surface area contributed by atoms with Gasteiger partial charge in [-0.05, 0) is 43.1 Å². The quantitative estimate of drug-likeness (QED) is 0.724. The molecular weight excluding hydrogens is 288 g/mol. The van der Waals surface area contributed by atoms with Crippen LogP contribution < -0.4 is 4.74 Å². The molecule has 0 aromatic heterocycles. The zero-order valence-corrected chi connectivity index (χ0v) is 15.0. The van der Waals surface area contributed by atoms with E-state index in [0.717, 1.165) is 49.6 Å². The second kappa shape index (κ2) is 8.46. The Morgan fingerprint density at radius 3 is 2.39 bits per heavy atom. The number of ether oxygens (including phenoxy) is 1. The number of aryl methyl sites for hydroxylation is 1. The summed E-state index contributed by atoms with van der Waals surface area (Å²) in [5.74, 6) is 1.58. The minimum absolute atomic E-state index is 0.202. The van der Waals surface area contributed by atoms with Crippen molar-refractivity contribution in [2.45, 2.75) is 27.7 Å². The fourth-order valence-corrected chi connectivity index (χ4v) is 2.80. The third-order valence-corrected chi connectivity index (χ3v) is 4.35. The Labute approximate surface area is 140 Å². The van der Waals surface area contributed by atoms with Crippen LogP contribution >= 0.6 is 0 Å². The average Bonchev–Trinajstić information content (AvgIpc) is 2.54. The van der Waals surface area contributed by atoms with Crippen molar-refractivity contribution in [3.8, 4) is 5.75 Å². The van der Waals surface area contributed by atoms with E-state index in [2.05, 4.69) is 30.6 Å². The number of piperazine rings is 1. The van der Waals surface area contributed by atoms with Crippen LogP contribution in [0, 0.1) is 12.8 Å². The van der Waals surface area contributed by atoms with Crippen LogP contribution in [0.25, 0.3) is 0 Å². The van der Waals surface area contributed by atoms with E-state index in [1.807, 2.05) is 25.1 Å². The van der Waals surface area contributed by atoms with Gasteiger partial charge in [0, 0.05) is 31.7 Å². The van der Waals surface area contributed by atoms with Crippen molar-refractivity contribution in [1.82, 2.24) is 9.80 Å². The second-order valence-electron chi connectivity index (χ2n) is 6.82. The first kappa shape index (κ1) is 18.0. The summed E-state index contributed by atoms with van der Waals surface area (Å²) in [5.41, 5.74) is 1.82. The fourth-order valence-electron chi connectivity index (χ4n) is 2.80. The van der Waals surface area contributed by atoms with Gasteiger partial charge in [-0.1, -0.05) is 20.8 Å². The van der Waals surface area contributed by atoms with Gasteiger partial charge >= 0.3 is 0 Å². The van der Waals surface area contributed by atoms with Gasteiger partial charge in [-0.25, -0.2) is 0 Å². The van der Waals surface area contributed by atoms with Crippen LogP contribution in [0.15, 0.2) is 18.2 Å². The standard InChI is InChI=1S/C19H30N2O2/c1-5-20-8-10-21(11-9-20)13-18(22)17-6-7-19(16(4)12-17)23-14-15(2)3/h6-7,12,15H,5,8-11,13-14H2,1-4H3. The maximum absolute atomic E-state index is 12.5. The van der Waals surface area contributed by atoms with Crippen molar-refractivity contribution in [2.24, 2.45) is 5.92 Å². The van der Waals surface area contributed by atoms with Gasteiger partial charge in [-0.3, -0.25) is 9.69 Å². The molecule has 0 amide bonds. The summed E-state index contributed by atoms with van der Waals surface area (Å²) < 4.78 is 5.78. The lowest BCUT2D eigenvalue weighted by Crippen LogP contribution is -2.47. The Morgan fingerprint density at radius 1 is 1.17 bits per heavy atom. The van der Waals surface area contributed by atoms with Crippen molar-refractivity contribution in [1.29, 1.82) is 0 Å². The molecule has 1 fully saturated rings. The number of rotatable bonds is 7. The Morgan fingerprint density at radius 2 is 1.83 bits per heavy atom. The zero-order chi connectivity index (χ0) is 16.8. The smallest absolute Gasteiger partial charge is 0.176 e. The highest BCUT2D eigenvalue weighted by molar-refractivity contribution is 5.98. The van der Waals surface area contributed by atoms with Crippen LogP contribution in [0.5, 0.6) is 5.75 Å². The Hall–Kier alpha value is -1.39. The molecule has 128 valence electrons. The van der Waals surface area contributed by atoms with E-state index < -0.39 is 0 Å². The molecule has 0 spiro atoms. The lowest BCUT2D eigenvalue weighted by Gasteiger charge is -2.33. The normalized spacial score (nSPS) is 16.7. The number of hydrogen-bond donors (Lipinski definition) is 0. The predicted octanol–water partition coefficient (Wildman–Crippen LogP) is 2.85. The van der Waals surface area contributed by atoms with Gasteiger partial charge in [0.2, 0.25) is 0 Å². The molecule has 0 unspecified atom stereocenters. The maximum atomic E-state index is 12.5. The van der Waals surface area contributed by atoms with Crippen LogP contribution in [0.4, 0.5) is 0 Å². The lowest BCUT2D eigenvalue weighted by molar-refractivity contribution is 0.0859. The first-order chi connectivity index (χ1) is 11.0. The number of carbonyl (C=O) groups excluding carboxylic acids is 1. The minimum Gasteiger partial charge on any atom is -0.493 e. The van der Waals surface area contributed by atoms with Gasteiger partial charge in [0.25, 0.3) is 0 Å². The zero-order valence-electron chi connectivity index (χ0n) is 15.0. The molecule has 4 nitrogen and oxygen atoms in total. The number of benzene rings is 1. The highest BCUT2D eigenvalue weighted by atomic mass is 16.5. The molecule has 1 aromatic carbocycles. The second-order valence-corrected chi connectivity index (χ2v) is 6.82. The average molecular weight is 318 g/mol. The summed E-state index contributed by atoms with van der Waals surface area (Å²) in [5, 5.41) is 0. The largest absolute Gasteiger partial charge is 0.493 e. The van der Waals surface area contributed by atoms with Crippen molar-refractivity contribution in [3.05, 3.63) is 29.3 Å². The van der Waals surface area contributed by atoms with Gasteiger partial charge in [0.15, 0.2) is 5.78 Å². The third kappa shape index (κ3) is 5.33. The van der Waals surface area contributed by atoms with Crippen molar-refractivity contribution < 1.29 is 9.53 Å². The molecule has 0 aliphatic carbocycles. The van der Waals surface area contributed by atoms with Gasteiger partial charge in [-0.15, -0.1) is 0 Å². The summed E-state index contributed by atoms with van der Waals surface area (Å²) >= 11 is 0. The van der Waals surface area contributed by atoms with E-state index in [1.54, 1.807) is 0 Å². The molecule has 1 aliphatic heterocycles. The van der Waals surface area contributed by atoms with Gasteiger partial charge in [-0.2, -0.15) is 0 Å². The van der Waals surface area contributed by atoms with E-state index in [0.29, 0.717) is 19.1 Å². The highest BCUT2D eigenvalue weighted by Crippen LogP contribution is 2.20. The number of Topliss-reactive ketones (excluding diaryl/α,β-unsaturated/α-hetero) is 1. The first-order valence-corrected chi connectivity index (χ1v) is 8.71. The molecule has 2 rings (SSSR count). The van der Waals surface area contributed by atoms with E-state index in [4.69, 9.17) is 4.74 Å². The Balaban J connectivity index is 1.91. The molecule has 1 saturated heterocycles. The number of hydrogen-bond acceptors (Lipinski definition) is 4. The molecule has 4 heteroatoms. The van der Waals surface area contributed by atoms with Crippen LogP contribution in [-0.4, -0.2) is 61.5 Å². The van der Waals surface area contributed by atoms with Crippen molar-refractivity contribution >= 4 is 5.78 Å². The van der Waals surface area contributed by atoms with Crippen molar-refractivity contribution in [3.63, 3.8) is 0 Å². The number of likely N-dealkylation sites (N-methyl/N-ethyl adjacent to an activating group) is 1. The Bertz CT molecular complexity index is 520. The van der Waals surface area contributed by atoms with Gasteiger partial charge in [0.1, 0.15) is 5.75 Å². The van der Waals surface area contributed by atoms with Gasteiger partial charge < -0.3 is 9.64 Å². The Kier molecular flexibility index (Phi) is 6.60. The van der Waals surface area contributed by atoms with Crippen LogP contribution in [0.2, 0.25) is 0 Å². The number of carbonyl (C=O) groups is 1. The number of ketones is 1.